The first kappa shape index (κ1) is 80.0. The molecule has 20 nitrogen and oxygen atoms in total. The molecule has 4 fully saturated rings. The van der Waals surface area contributed by atoms with E-state index >= 15 is 0 Å². The Kier molecular flexibility index (Phi) is 35.3. The van der Waals surface area contributed by atoms with Gasteiger partial charge < -0.3 is 38.4 Å². The van der Waals surface area contributed by atoms with E-state index in [4.69, 9.17) is 35.3 Å². The van der Waals surface area contributed by atoms with Crippen molar-refractivity contribution in [2.75, 3.05) is 66.6 Å². The summed E-state index contributed by atoms with van der Waals surface area (Å²) in [7, 11) is 4.22. The second-order valence-electron chi connectivity index (χ2n) is 24.5. The van der Waals surface area contributed by atoms with E-state index in [0.717, 1.165) is 95.1 Å². The Labute approximate surface area is 589 Å². The molecule has 502 valence electrons. The third kappa shape index (κ3) is 30.0. The van der Waals surface area contributed by atoms with Crippen LogP contribution < -0.4 is 19.6 Å². The molecule has 4 aliphatic heterocycles. The summed E-state index contributed by atoms with van der Waals surface area (Å²) < 4.78 is 27.0. The second kappa shape index (κ2) is 40.2. The van der Waals surface area contributed by atoms with Gasteiger partial charge in [0.2, 0.25) is 23.5 Å². The van der Waals surface area contributed by atoms with Crippen molar-refractivity contribution < 1.29 is 57.4 Å². The quantitative estimate of drug-likeness (QED) is 0.0340. The Morgan fingerprint density at radius 2 is 1.05 bits per heavy atom. The SMILES string of the molecule is CC(=O)c1ccc(Cl)nc1.CC(=O)c1ccc(OC2CCN(C)CC2)nc1.CC1(C)CC(c2ccc(OC3CCN(C4CCC4)CC3)nc2)=NNC1=O.CCOC(=O)C(C)(C)Br.CCOC(=O)C(C)(C)CC(=O)c1ccc(OC2CCN(C)CC2)nc1.[I][V]([I])[I]. The van der Waals surface area contributed by atoms with Gasteiger partial charge in [-0.3, -0.25) is 28.8 Å². The van der Waals surface area contributed by atoms with E-state index < -0.39 is 15.2 Å². The van der Waals surface area contributed by atoms with Crippen LogP contribution in [-0.4, -0.2) is 171 Å². The third-order valence-corrected chi connectivity index (χ3v) is 15.9. The molecular formula is C65H91BrClI3N9O11V. The first-order chi connectivity index (χ1) is 42.9. The van der Waals surface area contributed by atoms with Gasteiger partial charge in [-0.15, -0.1) is 0 Å². The number of ether oxygens (including phenoxy) is 5. The minimum atomic E-state index is -0.851. The Hall–Kier alpha value is -3.49. The van der Waals surface area contributed by atoms with E-state index in [-0.39, 0.29) is 64.8 Å². The number of hydrogen-bond donors (Lipinski definition) is 1. The van der Waals surface area contributed by atoms with Crippen molar-refractivity contribution in [2.24, 2.45) is 15.9 Å². The van der Waals surface area contributed by atoms with Gasteiger partial charge in [0.1, 0.15) is 27.8 Å². The van der Waals surface area contributed by atoms with Gasteiger partial charge in [0.25, 0.3) is 0 Å². The number of hydrogen-bond acceptors (Lipinski definition) is 19. The summed E-state index contributed by atoms with van der Waals surface area (Å²) >= 11 is 16.1. The number of carbonyl (C=O) groups is 6. The van der Waals surface area contributed by atoms with E-state index in [9.17, 15) is 28.8 Å². The summed E-state index contributed by atoms with van der Waals surface area (Å²) in [6, 6.07) is 14.9. The molecule has 0 spiro atoms. The Bertz CT molecular complexity index is 2940. The molecule has 0 aromatic carbocycles. The average Bonchev–Trinajstić information content (AvgIpc) is 1.38. The van der Waals surface area contributed by atoms with E-state index in [1.54, 1.807) is 90.3 Å². The Morgan fingerprint density at radius 3 is 1.41 bits per heavy atom. The number of likely N-dealkylation sites (tertiary alicyclic amines) is 3. The maximum atomic E-state index is 12.4. The first-order valence-corrected chi connectivity index (χ1v) is 45.4. The molecule has 1 N–H and O–H groups in total. The molecule has 4 aromatic heterocycles. The number of pyridine rings is 4. The van der Waals surface area contributed by atoms with Crippen LogP contribution in [0.5, 0.6) is 17.6 Å². The topological polar surface area (TPSA) is 234 Å². The number of piperidine rings is 3. The van der Waals surface area contributed by atoms with Crippen LogP contribution in [0.15, 0.2) is 78.4 Å². The number of nitrogens with zero attached hydrogens (tertiary/aromatic N) is 8. The average molecular weight is 1720 g/mol. The number of alkyl halides is 1. The van der Waals surface area contributed by atoms with E-state index in [2.05, 4.69) is 135 Å². The first-order valence-electron chi connectivity index (χ1n) is 30.7. The number of hydrazone groups is 1. The summed E-state index contributed by atoms with van der Waals surface area (Å²) in [6.07, 6.45) is 18.1. The molecule has 5 aliphatic rings. The summed E-state index contributed by atoms with van der Waals surface area (Å²) in [5.74, 6) is 1.12. The van der Waals surface area contributed by atoms with Gasteiger partial charge in [-0.2, -0.15) is 5.10 Å². The molecule has 4 aromatic rings. The standard InChI is InChI=1S/C20H28N4O2.C19H28N2O4.C13H18N2O2.C7H6ClNO.C6H11BrO2.3HI.V/c1-20(2)12-17(22-23-19(20)25)14-6-7-18(21-13-14)26-16-8-10-24(11-9-16)15-4-3-5-15;1-5-24-18(23)19(2,3)12-16(22)14-6-7-17(20-13-14)25-15-8-10-21(4)11-9-15;1-10(16)11-3-4-13(14-9-11)17-12-5-7-15(2)8-6-12;1-5(10)6-2-3-7(8)9-4-6;1-4-9-5(8)6(2,3)7;;;;/h6-7,13,15-16H,3-5,8-12H2,1-2H3,(H,23,25);6-7,13,15H,5,8-12H2,1-4H3;3-4,9,12H,5-8H2,1-2H3;2-4H,1H3;4H2,1-3H3;3*1H;/q;;;;;;;;+3/p-3. The van der Waals surface area contributed by atoms with Gasteiger partial charge in [-0.05, 0) is 151 Å². The van der Waals surface area contributed by atoms with Crippen LogP contribution in [-0.2, 0) is 28.8 Å². The molecule has 91 heavy (non-hydrogen) atoms. The predicted octanol–water partition coefficient (Wildman–Crippen LogP) is 13.5. The van der Waals surface area contributed by atoms with Gasteiger partial charge in [0, 0.05) is 123 Å². The van der Waals surface area contributed by atoms with Gasteiger partial charge >= 0.3 is 76.8 Å². The van der Waals surface area contributed by atoms with Gasteiger partial charge in [0.05, 0.1) is 29.8 Å². The number of aromatic nitrogens is 4. The minimum absolute atomic E-state index is 0.00386. The summed E-state index contributed by atoms with van der Waals surface area (Å²) in [5.41, 5.74) is 4.81. The van der Waals surface area contributed by atoms with Gasteiger partial charge in [-0.1, -0.05) is 47.8 Å². The fourth-order valence-electron chi connectivity index (χ4n) is 9.49. The number of halogens is 5. The van der Waals surface area contributed by atoms with Crippen LogP contribution in [0.25, 0.3) is 0 Å². The normalized spacial score (nSPS) is 17.4. The number of esters is 2. The molecule has 1 amide bonds. The van der Waals surface area contributed by atoms with Crippen LogP contribution in [0.3, 0.4) is 0 Å². The Balaban J connectivity index is 0.000000252. The fraction of sp³-hybridized carbons (Fsp3) is 0.585. The van der Waals surface area contributed by atoms with Gasteiger partial charge in [0.15, 0.2) is 17.3 Å². The van der Waals surface area contributed by atoms with Crippen molar-refractivity contribution in [1.82, 2.24) is 40.1 Å². The van der Waals surface area contributed by atoms with E-state index in [0.29, 0.717) is 59.1 Å². The number of nitrogens with one attached hydrogen (secondary N) is 1. The van der Waals surface area contributed by atoms with Crippen LogP contribution in [0.1, 0.15) is 177 Å². The van der Waals surface area contributed by atoms with Crippen LogP contribution in [0.4, 0.5) is 0 Å². The zero-order valence-electron chi connectivity index (χ0n) is 54.6. The molecule has 8 heterocycles. The molecule has 0 unspecified atom stereocenters. The molecule has 3 saturated heterocycles. The number of rotatable bonds is 17. The maximum absolute atomic E-state index is 12.4. The molecule has 26 heteroatoms. The molecular weight excluding hydrogens is 1630 g/mol. The van der Waals surface area contributed by atoms with Crippen molar-refractivity contribution in [2.45, 2.75) is 169 Å². The van der Waals surface area contributed by atoms with Crippen molar-refractivity contribution in [3.63, 3.8) is 0 Å². The zero-order valence-corrected chi connectivity index (χ0v) is 64.8. The van der Waals surface area contributed by atoms with Crippen molar-refractivity contribution in [3.8, 4) is 17.6 Å². The summed E-state index contributed by atoms with van der Waals surface area (Å²) in [6.45, 7) is 24.6. The Morgan fingerprint density at radius 1 is 0.637 bits per heavy atom. The molecule has 1 saturated carbocycles. The fourth-order valence-corrected chi connectivity index (χ4v) is 9.71. The number of Topliss-reactive ketones (excluding diaryl/α,β-unsaturated/α-hetero) is 3. The van der Waals surface area contributed by atoms with Crippen molar-refractivity contribution in [1.29, 1.82) is 0 Å². The number of ketones is 3. The van der Waals surface area contributed by atoms with E-state index in [1.165, 1.54) is 45.5 Å². The predicted molar refractivity (Wildman–Crippen MR) is 381 cm³/mol. The zero-order chi connectivity index (χ0) is 67.5. The monoisotopic (exact) mass is 1720 g/mol. The molecule has 0 radical (unpaired) electrons. The van der Waals surface area contributed by atoms with Gasteiger partial charge in [-0.25, -0.2) is 25.4 Å². The molecule has 0 atom stereocenters. The summed E-state index contributed by atoms with van der Waals surface area (Å²) in [5, 5.41) is 4.60. The van der Waals surface area contributed by atoms with Crippen LogP contribution in [0.2, 0.25) is 5.15 Å². The number of amides is 1. The van der Waals surface area contributed by atoms with Crippen molar-refractivity contribution >= 4 is 128 Å². The van der Waals surface area contributed by atoms with Crippen molar-refractivity contribution in [3.05, 3.63) is 101 Å². The molecule has 9 rings (SSSR count). The molecule has 1 aliphatic carbocycles. The molecule has 0 bridgehead atoms. The van der Waals surface area contributed by atoms with Crippen LogP contribution in [0, 0.1) is 10.8 Å². The second-order valence-corrected chi connectivity index (χ2v) is 62.2. The summed E-state index contributed by atoms with van der Waals surface area (Å²) in [4.78, 5) is 92.2. The van der Waals surface area contributed by atoms with Crippen LogP contribution >= 0.6 is 87.5 Å². The third-order valence-electron chi connectivity index (χ3n) is 15.4. The number of carbonyl (C=O) groups excluding carboxylic acids is 6. The van der Waals surface area contributed by atoms with E-state index in [1.807, 2.05) is 26.0 Å².